The first-order chi connectivity index (χ1) is 11.4. The zero-order chi connectivity index (χ0) is 17.6. The van der Waals surface area contributed by atoms with Gasteiger partial charge in [-0.2, -0.15) is 0 Å². The molecule has 0 fully saturated rings. The standard InChI is InChI=1S/C19H27N3O2.HI/c1-5-20-18(21-12-16-9-8-14(2)11-15(16)3)22-13-19(4,23)17-7-6-10-24-17;/h6-11,23H,5,12-13H2,1-4H3,(H2,20,21,22);1H. The van der Waals surface area contributed by atoms with Gasteiger partial charge in [-0.15, -0.1) is 24.0 Å². The van der Waals surface area contributed by atoms with Crippen LogP contribution in [-0.4, -0.2) is 24.2 Å². The van der Waals surface area contributed by atoms with Gasteiger partial charge in [-0.25, -0.2) is 4.99 Å². The zero-order valence-corrected chi connectivity index (χ0v) is 17.6. The van der Waals surface area contributed by atoms with Crippen LogP contribution in [0.1, 0.15) is 36.3 Å². The highest BCUT2D eigenvalue weighted by molar-refractivity contribution is 14.0. The lowest BCUT2D eigenvalue weighted by molar-refractivity contribution is 0.0386. The number of aryl methyl sites for hydroxylation is 2. The van der Waals surface area contributed by atoms with Crippen molar-refractivity contribution < 1.29 is 9.52 Å². The molecule has 0 saturated heterocycles. The molecule has 5 nitrogen and oxygen atoms in total. The molecule has 1 unspecified atom stereocenters. The van der Waals surface area contributed by atoms with Crippen molar-refractivity contribution in [2.75, 3.05) is 13.1 Å². The van der Waals surface area contributed by atoms with Crippen LogP contribution < -0.4 is 10.6 Å². The third-order valence-corrected chi connectivity index (χ3v) is 3.90. The van der Waals surface area contributed by atoms with Crippen molar-refractivity contribution in [1.29, 1.82) is 0 Å². The van der Waals surface area contributed by atoms with Gasteiger partial charge in [0, 0.05) is 6.54 Å². The molecule has 0 spiro atoms. The predicted octanol–water partition coefficient (Wildman–Crippen LogP) is 3.48. The van der Waals surface area contributed by atoms with Gasteiger partial charge in [-0.3, -0.25) is 0 Å². The maximum atomic E-state index is 10.5. The highest BCUT2D eigenvalue weighted by atomic mass is 127. The summed E-state index contributed by atoms with van der Waals surface area (Å²) in [5.74, 6) is 1.20. The molecule has 0 radical (unpaired) electrons. The van der Waals surface area contributed by atoms with E-state index in [2.05, 4.69) is 47.7 Å². The second kappa shape index (κ2) is 9.82. The van der Waals surface area contributed by atoms with E-state index < -0.39 is 5.60 Å². The molecule has 1 aromatic carbocycles. The number of aliphatic hydroxyl groups is 1. The van der Waals surface area contributed by atoms with Crippen LogP contribution in [0, 0.1) is 13.8 Å². The first-order valence-electron chi connectivity index (χ1n) is 8.27. The van der Waals surface area contributed by atoms with Gasteiger partial charge in [0.15, 0.2) is 5.96 Å². The summed E-state index contributed by atoms with van der Waals surface area (Å²) in [6.07, 6.45) is 1.56. The van der Waals surface area contributed by atoms with Crippen LogP contribution in [0.15, 0.2) is 46.0 Å². The molecule has 3 N–H and O–H groups in total. The lowest BCUT2D eigenvalue weighted by Gasteiger charge is -2.22. The molecular formula is C19H28IN3O2. The summed E-state index contributed by atoms with van der Waals surface area (Å²) in [6.45, 7) is 9.55. The number of benzene rings is 1. The minimum absolute atomic E-state index is 0. The summed E-state index contributed by atoms with van der Waals surface area (Å²) in [4.78, 5) is 4.61. The number of nitrogens with one attached hydrogen (secondary N) is 2. The molecule has 0 bridgehead atoms. The minimum Gasteiger partial charge on any atom is -0.466 e. The van der Waals surface area contributed by atoms with E-state index in [1.54, 1.807) is 25.3 Å². The first kappa shape index (κ1) is 21.5. The highest BCUT2D eigenvalue weighted by Crippen LogP contribution is 2.19. The van der Waals surface area contributed by atoms with E-state index in [1.807, 2.05) is 6.92 Å². The molecular weight excluding hydrogens is 429 g/mol. The Hall–Kier alpha value is -1.54. The summed E-state index contributed by atoms with van der Waals surface area (Å²) < 4.78 is 5.30. The lowest BCUT2D eigenvalue weighted by atomic mass is 10.0. The zero-order valence-electron chi connectivity index (χ0n) is 15.3. The molecule has 0 saturated carbocycles. The van der Waals surface area contributed by atoms with E-state index in [4.69, 9.17) is 4.42 Å². The second-order valence-electron chi connectivity index (χ2n) is 6.23. The fraction of sp³-hybridized carbons (Fsp3) is 0.421. The molecule has 25 heavy (non-hydrogen) atoms. The number of hydrogen-bond acceptors (Lipinski definition) is 3. The maximum absolute atomic E-state index is 10.5. The normalized spacial score (nSPS) is 13.7. The smallest absolute Gasteiger partial charge is 0.191 e. The number of furan rings is 1. The van der Waals surface area contributed by atoms with Gasteiger partial charge in [0.1, 0.15) is 11.4 Å². The Bertz CT molecular complexity index is 682. The molecule has 0 amide bonds. The van der Waals surface area contributed by atoms with Gasteiger partial charge in [-0.1, -0.05) is 23.8 Å². The molecule has 2 aromatic rings. The minimum atomic E-state index is -1.10. The Balaban J connectivity index is 0.00000312. The predicted molar refractivity (Wildman–Crippen MR) is 112 cm³/mol. The van der Waals surface area contributed by atoms with Crippen LogP contribution >= 0.6 is 24.0 Å². The maximum Gasteiger partial charge on any atom is 0.191 e. The monoisotopic (exact) mass is 457 g/mol. The number of rotatable bonds is 6. The van der Waals surface area contributed by atoms with E-state index in [1.165, 1.54) is 16.7 Å². The average Bonchev–Trinajstić information content (AvgIpc) is 3.07. The van der Waals surface area contributed by atoms with Gasteiger partial charge in [0.2, 0.25) is 0 Å². The number of aliphatic imine (C=N–C) groups is 1. The molecule has 1 aromatic heterocycles. The molecule has 2 rings (SSSR count). The van der Waals surface area contributed by atoms with Crippen LogP contribution in [0.3, 0.4) is 0 Å². The molecule has 6 heteroatoms. The molecule has 0 aliphatic rings. The Morgan fingerprint density at radius 3 is 2.60 bits per heavy atom. The Kier molecular flexibility index (Phi) is 8.44. The number of hydrogen-bond donors (Lipinski definition) is 3. The van der Waals surface area contributed by atoms with E-state index in [0.29, 0.717) is 24.8 Å². The van der Waals surface area contributed by atoms with Gasteiger partial charge < -0.3 is 20.2 Å². The van der Waals surface area contributed by atoms with Gasteiger partial charge in [0.25, 0.3) is 0 Å². The van der Waals surface area contributed by atoms with Gasteiger partial charge in [-0.05, 0) is 51.0 Å². The summed E-state index contributed by atoms with van der Waals surface area (Å²) >= 11 is 0. The summed E-state index contributed by atoms with van der Waals surface area (Å²) in [5.41, 5.74) is 2.58. The fourth-order valence-corrected chi connectivity index (χ4v) is 2.46. The van der Waals surface area contributed by atoms with E-state index in [9.17, 15) is 5.11 Å². The van der Waals surface area contributed by atoms with Crippen LogP contribution in [0.4, 0.5) is 0 Å². The summed E-state index contributed by atoms with van der Waals surface area (Å²) in [6, 6.07) is 9.90. The quantitative estimate of drug-likeness (QED) is 0.353. The van der Waals surface area contributed by atoms with Crippen molar-refractivity contribution in [3.8, 4) is 0 Å². The van der Waals surface area contributed by atoms with E-state index >= 15 is 0 Å². The second-order valence-corrected chi connectivity index (χ2v) is 6.23. The molecule has 1 heterocycles. The lowest BCUT2D eigenvalue weighted by Crippen LogP contribution is -2.44. The fourth-order valence-electron chi connectivity index (χ4n) is 2.46. The molecule has 138 valence electrons. The number of nitrogens with zero attached hydrogens (tertiary/aromatic N) is 1. The largest absolute Gasteiger partial charge is 0.466 e. The summed E-state index contributed by atoms with van der Waals surface area (Å²) in [7, 11) is 0. The molecule has 0 aliphatic carbocycles. The number of guanidine groups is 1. The van der Waals surface area contributed by atoms with Crippen molar-refractivity contribution in [3.63, 3.8) is 0 Å². The van der Waals surface area contributed by atoms with Crippen molar-refractivity contribution in [1.82, 2.24) is 10.6 Å². The Labute approximate surface area is 167 Å². The Morgan fingerprint density at radius 2 is 2.00 bits per heavy atom. The molecule has 0 aliphatic heterocycles. The molecule has 1 atom stereocenters. The average molecular weight is 457 g/mol. The first-order valence-corrected chi connectivity index (χ1v) is 8.27. The third kappa shape index (κ3) is 6.36. The van der Waals surface area contributed by atoms with Crippen LogP contribution in [0.2, 0.25) is 0 Å². The highest BCUT2D eigenvalue weighted by Gasteiger charge is 2.26. The van der Waals surface area contributed by atoms with Crippen molar-refractivity contribution >= 4 is 29.9 Å². The van der Waals surface area contributed by atoms with Crippen LogP contribution in [-0.2, 0) is 12.1 Å². The van der Waals surface area contributed by atoms with Crippen molar-refractivity contribution in [2.24, 2.45) is 4.99 Å². The van der Waals surface area contributed by atoms with Crippen molar-refractivity contribution in [3.05, 3.63) is 59.0 Å². The third-order valence-electron chi connectivity index (χ3n) is 3.90. The van der Waals surface area contributed by atoms with E-state index in [0.717, 1.165) is 6.54 Å². The summed E-state index contributed by atoms with van der Waals surface area (Å²) in [5, 5.41) is 16.9. The SMILES string of the molecule is CCNC(=NCc1ccc(C)cc1C)NCC(C)(O)c1ccco1.I. The number of halogens is 1. The van der Waals surface area contributed by atoms with Crippen molar-refractivity contribution in [2.45, 2.75) is 39.8 Å². The Morgan fingerprint density at radius 1 is 1.24 bits per heavy atom. The van der Waals surface area contributed by atoms with Crippen LogP contribution in [0.5, 0.6) is 0 Å². The van der Waals surface area contributed by atoms with E-state index in [-0.39, 0.29) is 24.0 Å². The topological polar surface area (TPSA) is 69.8 Å². The van der Waals surface area contributed by atoms with Gasteiger partial charge >= 0.3 is 0 Å². The van der Waals surface area contributed by atoms with Crippen LogP contribution in [0.25, 0.3) is 0 Å². The van der Waals surface area contributed by atoms with Gasteiger partial charge in [0.05, 0.1) is 19.4 Å².